The molecule has 3 aliphatic heterocycles. The highest BCUT2D eigenvalue weighted by Gasteiger charge is 2.35. The van der Waals surface area contributed by atoms with Gasteiger partial charge in [0.05, 0.1) is 12.2 Å². The van der Waals surface area contributed by atoms with Gasteiger partial charge in [0.1, 0.15) is 0 Å². The number of aryl methyl sites for hydroxylation is 1. The summed E-state index contributed by atoms with van der Waals surface area (Å²) in [5, 5.41) is 8.11. The molecule has 0 unspecified atom stereocenters. The number of rotatable bonds is 4. The van der Waals surface area contributed by atoms with Crippen LogP contribution in [0.3, 0.4) is 0 Å². The smallest absolute Gasteiger partial charge is 0.230 e. The summed E-state index contributed by atoms with van der Waals surface area (Å²) in [7, 11) is 0. The molecule has 0 amide bonds. The molecule has 0 spiro atoms. The van der Waals surface area contributed by atoms with E-state index >= 15 is 0 Å². The Bertz CT molecular complexity index is 643. The number of aromatic nitrogens is 3. The summed E-state index contributed by atoms with van der Waals surface area (Å²) in [6, 6.07) is 6.73. The number of pyridine rings is 1. The number of hydrogen-bond acceptors (Lipinski definition) is 6. The molecule has 3 aliphatic rings. The molecule has 0 N–H and O–H groups in total. The lowest BCUT2D eigenvalue weighted by atomic mass is 9.95. The van der Waals surface area contributed by atoms with Gasteiger partial charge < -0.3 is 4.42 Å². The first kappa shape index (κ1) is 14.8. The molecule has 0 aliphatic carbocycles. The second-order valence-corrected chi connectivity index (χ2v) is 6.76. The standard InChI is InChI=1S/C17H23N5O/c1-13-19-20-17(23-13)12-22-9-14-5-6-16(22)11-21(8-14)10-15-4-2-3-7-18-15/h2-4,7,14,16H,5-6,8-12H2,1H3/t14-,16+/m0/s1. The Morgan fingerprint density at radius 2 is 2.09 bits per heavy atom. The molecule has 6 nitrogen and oxygen atoms in total. The molecule has 3 saturated heterocycles. The SMILES string of the molecule is Cc1nnc(CN2C[C@H]3CC[C@@H]2CN(Cc2ccccn2)C3)o1. The predicted molar refractivity (Wildman–Crippen MR) is 85.5 cm³/mol. The van der Waals surface area contributed by atoms with Crippen molar-refractivity contribution in [2.24, 2.45) is 5.92 Å². The highest BCUT2D eigenvalue weighted by Crippen LogP contribution is 2.29. The van der Waals surface area contributed by atoms with Crippen molar-refractivity contribution in [1.29, 1.82) is 0 Å². The van der Waals surface area contributed by atoms with E-state index in [2.05, 4.69) is 37.1 Å². The van der Waals surface area contributed by atoms with Gasteiger partial charge in [-0.25, -0.2) is 0 Å². The van der Waals surface area contributed by atoms with Gasteiger partial charge in [-0.2, -0.15) is 0 Å². The molecule has 2 bridgehead atoms. The Hall–Kier alpha value is -1.79. The maximum absolute atomic E-state index is 5.57. The van der Waals surface area contributed by atoms with Crippen LogP contribution in [0.5, 0.6) is 0 Å². The third kappa shape index (κ3) is 3.43. The molecule has 2 atom stereocenters. The molecular weight excluding hydrogens is 290 g/mol. The molecule has 0 radical (unpaired) electrons. The van der Waals surface area contributed by atoms with Crippen LogP contribution in [0, 0.1) is 12.8 Å². The molecule has 6 heteroatoms. The molecule has 5 heterocycles. The van der Waals surface area contributed by atoms with Crippen LogP contribution in [-0.4, -0.2) is 50.7 Å². The fourth-order valence-corrected chi connectivity index (χ4v) is 3.89. The topological polar surface area (TPSA) is 58.3 Å². The monoisotopic (exact) mass is 313 g/mol. The Morgan fingerprint density at radius 1 is 1.13 bits per heavy atom. The van der Waals surface area contributed by atoms with E-state index in [9.17, 15) is 0 Å². The van der Waals surface area contributed by atoms with Crippen molar-refractivity contribution in [2.45, 2.75) is 38.9 Å². The van der Waals surface area contributed by atoms with Crippen LogP contribution in [0.1, 0.15) is 30.3 Å². The van der Waals surface area contributed by atoms with Gasteiger partial charge in [-0.15, -0.1) is 10.2 Å². The van der Waals surface area contributed by atoms with Crippen LogP contribution in [0.4, 0.5) is 0 Å². The number of piperidine rings is 1. The van der Waals surface area contributed by atoms with Crippen molar-refractivity contribution < 1.29 is 4.42 Å². The maximum Gasteiger partial charge on any atom is 0.230 e. The second-order valence-electron chi connectivity index (χ2n) is 6.76. The molecule has 2 aromatic rings. The minimum atomic E-state index is 0.574. The highest BCUT2D eigenvalue weighted by molar-refractivity contribution is 5.04. The summed E-state index contributed by atoms with van der Waals surface area (Å²) in [5.41, 5.74) is 1.16. The van der Waals surface area contributed by atoms with Gasteiger partial charge in [0, 0.05) is 45.3 Å². The highest BCUT2D eigenvalue weighted by atomic mass is 16.4. The summed E-state index contributed by atoms with van der Waals surface area (Å²) in [6.45, 7) is 6.96. The molecule has 23 heavy (non-hydrogen) atoms. The van der Waals surface area contributed by atoms with E-state index in [1.54, 1.807) is 0 Å². The first-order chi connectivity index (χ1) is 11.3. The van der Waals surface area contributed by atoms with Gasteiger partial charge in [0.25, 0.3) is 0 Å². The van der Waals surface area contributed by atoms with Crippen molar-refractivity contribution >= 4 is 0 Å². The third-order valence-corrected chi connectivity index (χ3v) is 4.92. The number of fused-ring (bicyclic) bond motifs is 4. The summed E-state index contributed by atoms with van der Waals surface area (Å²) < 4.78 is 5.57. The van der Waals surface area contributed by atoms with E-state index in [0.717, 1.165) is 50.2 Å². The molecular formula is C17H23N5O. The quantitative estimate of drug-likeness (QED) is 0.859. The van der Waals surface area contributed by atoms with Crippen LogP contribution in [-0.2, 0) is 13.1 Å². The van der Waals surface area contributed by atoms with Crippen LogP contribution in [0.25, 0.3) is 0 Å². The third-order valence-electron chi connectivity index (χ3n) is 4.92. The molecule has 5 rings (SSSR count). The predicted octanol–water partition coefficient (Wildman–Crippen LogP) is 1.87. The molecule has 0 aromatic carbocycles. The van der Waals surface area contributed by atoms with Gasteiger partial charge >= 0.3 is 0 Å². The van der Waals surface area contributed by atoms with Gasteiger partial charge in [0.15, 0.2) is 0 Å². The van der Waals surface area contributed by atoms with E-state index < -0.39 is 0 Å². The van der Waals surface area contributed by atoms with Gasteiger partial charge in [-0.1, -0.05) is 6.07 Å². The number of nitrogens with zero attached hydrogens (tertiary/aromatic N) is 5. The zero-order chi connectivity index (χ0) is 15.6. The summed E-state index contributed by atoms with van der Waals surface area (Å²) in [5.74, 6) is 2.12. The minimum Gasteiger partial charge on any atom is -0.424 e. The normalized spacial score (nSPS) is 25.6. The molecule has 2 aromatic heterocycles. The lowest BCUT2D eigenvalue weighted by Gasteiger charge is -2.35. The van der Waals surface area contributed by atoms with E-state index in [1.165, 1.54) is 12.8 Å². The Kier molecular flexibility index (Phi) is 4.10. The Balaban J connectivity index is 1.44. The second kappa shape index (κ2) is 6.37. The summed E-state index contributed by atoms with van der Waals surface area (Å²) in [4.78, 5) is 9.56. The van der Waals surface area contributed by atoms with E-state index in [1.807, 2.05) is 19.2 Å². The van der Waals surface area contributed by atoms with Crippen molar-refractivity contribution in [3.63, 3.8) is 0 Å². The van der Waals surface area contributed by atoms with E-state index in [4.69, 9.17) is 4.42 Å². The average Bonchev–Trinajstić information content (AvgIpc) is 2.77. The molecule has 0 saturated carbocycles. The summed E-state index contributed by atoms with van der Waals surface area (Å²) >= 11 is 0. The van der Waals surface area contributed by atoms with Crippen molar-refractivity contribution in [3.8, 4) is 0 Å². The maximum atomic E-state index is 5.57. The first-order valence-electron chi connectivity index (χ1n) is 8.41. The van der Waals surface area contributed by atoms with Gasteiger partial charge in [-0.05, 0) is 30.9 Å². The van der Waals surface area contributed by atoms with Crippen LogP contribution < -0.4 is 0 Å². The van der Waals surface area contributed by atoms with Crippen LogP contribution in [0.2, 0.25) is 0 Å². The van der Waals surface area contributed by atoms with Gasteiger partial charge in [-0.3, -0.25) is 14.8 Å². The van der Waals surface area contributed by atoms with Crippen LogP contribution >= 0.6 is 0 Å². The fraction of sp³-hybridized carbons (Fsp3) is 0.588. The van der Waals surface area contributed by atoms with Crippen molar-refractivity contribution in [2.75, 3.05) is 19.6 Å². The lowest BCUT2D eigenvalue weighted by molar-refractivity contribution is 0.111. The number of hydrogen-bond donors (Lipinski definition) is 0. The zero-order valence-electron chi connectivity index (χ0n) is 13.6. The van der Waals surface area contributed by atoms with Gasteiger partial charge in [0.2, 0.25) is 11.8 Å². The largest absolute Gasteiger partial charge is 0.424 e. The fourth-order valence-electron chi connectivity index (χ4n) is 3.89. The van der Waals surface area contributed by atoms with Crippen LogP contribution in [0.15, 0.2) is 28.8 Å². The average molecular weight is 313 g/mol. The van der Waals surface area contributed by atoms with E-state index in [0.29, 0.717) is 11.9 Å². The van der Waals surface area contributed by atoms with Crippen molar-refractivity contribution in [3.05, 3.63) is 41.9 Å². The molecule has 3 fully saturated rings. The van der Waals surface area contributed by atoms with E-state index in [-0.39, 0.29) is 0 Å². The zero-order valence-corrected chi connectivity index (χ0v) is 13.6. The minimum absolute atomic E-state index is 0.574. The summed E-state index contributed by atoms with van der Waals surface area (Å²) in [6.07, 6.45) is 4.46. The van der Waals surface area contributed by atoms with Crippen molar-refractivity contribution in [1.82, 2.24) is 25.0 Å². The molecule has 122 valence electrons. The Labute approximate surface area is 136 Å². The lowest BCUT2D eigenvalue weighted by Crippen LogP contribution is -2.43. The Morgan fingerprint density at radius 3 is 2.87 bits per heavy atom. The first-order valence-corrected chi connectivity index (χ1v) is 8.41.